The number of carbonyl (C=O) groups is 2. The summed E-state index contributed by atoms with van der Waals surface area (Å²) in [6.07, 6.45) is 1.20. The molecular formula is C13H16INO3. The van der Waals surface area contributed by atoms with Gasteiger partial charge in [-0.05, 0) is 53.1 Å². The lowest BCUT2D eigenvalue weighted by Gasteiger charge is -2.09. The third kappa shape index (κ3) is 4.64. The fraction of sp³-hybridized carbons (Fsp3) is 0.385. The molecule has 0 aliphatic rings. The summed E-state index contributed by atoms with van der Waals surface area (Å²) in [6, 6.07) is 4.94. The molecule has 1 aromatic carbocycles. The highest BCUT2D eigenvalue weighted by Gasteiger charge is 2.13. The Morgan fingerprint density at radius 3 is 2.61 bits per heavy atom. The molecule has 0 radical (unpaired) electrons. The number of carboxylic acids is 1. The van der Waals surface area contributed by atoms with E-state index < -0.39 is 5.97 Å². The Hall–Kier alpha value is -1.11. The molecule has 0 saturated carbocycles. The molecule has 0 saturated heterocycles. The van der Waals surface area contributed by atoms with Crippen molar-refractivity contribution in [2.24, 2.45) is 5.92 Å². The van der Waals surface area contributed by atoms with Crippen molar-refractivity contribution >= 4 is 40.2 Å². The molecule has 4 nitrogen and oxygen atoms in total. The third-order valence-electron chi connectivity index (χ3n) is 2.43. The zero-order valence-corrected chi connectivity index (χ0v) is 12.5. The molecule has 1 aromatic rings. The maximum atomic E-state index is 11.7. The average Bonchev–Trinajstić information content (AvgIpc) is 2.28. The summed E-state index contributed by atoms with van der Waals surface area (Å²) in [7, 11) is 0. The van der Waals surface area contributed by atoms with Crippen LogP contribution in [-0.4, -0.2) is 17.0 Å². The van der Waals surface area contributed by atoms with Crippen molar-refractivity contribution in [3.05, 3.63) is 27.3 Å². The Kier molecular flexibility index (Phi) is 5.58. The quantitative estimate of drug-likeness (QED) is 0.791. The van der Waals surface area contributed by atoms with Crippen LogP contribution < -0.4 is 5.32 Å². The van der Waals surface area contributed by atoms with Crippen LogP contribution in [0.3, 0.4) is 0 Å². The van der Waals surface area contributed by atoms with Gasteiger partial charge in [0.15, 0.2) is 0 Å². The van der Waals surface area contributed by atoms with Crippen LogP contribution in [-0.2, 0) is 4.79 Å². The Balaban J connectivity index is 2.78. The molecule has 0 spiro atoms. The Morgan fingerprint density at radius 1 is 1.39 bits per heavy atom. The summed E-state index contributed by atoms with van der Waals surface area (Å²) in [5, 5.41) is 11.7. The van der Waals surface area contributed by atoms with Gasteiger partial charge in [0.1, 0.15) is 0 Å². The number of halogens is 1. The van der Waals surface area contributed by atoms with Crippen molar-refractivity contribution in [3.8, 4) is 0 Å². The molecule has 0 aliphatic carbocycles. The molecule has 0 aromatic heterocycles. The topological polar surface area (TPSA) is 66.4 Å². The molecule has 1 rings (SSSR count). The number of carbonyl (C=O) groups excluding carboxylic acids is 1. The van der Waals surface area contributed by atoms with Crippen LogP contribution in [0.4, 0.5) is 5.69 Å². The molecule has 98 valence electrons. The summed E-state index contributed by atoms with van der Waals surface area (Å²) in [4.78, 5) is 22.7. The van der Waals surface area contributed by atoms with Gasteiger partial charge in [0.25, 0.3) is 0 Å². The highest BCUT2D eigenvalue weighted by molar-refractivity contribution is 14.1. The van der Waals surface area contributed by atoms with Gasteiger partial charge in [-0.1, -0.05) is 13.8 Å². The number of carboxylic acid groups (broad SMARTS) is 1. The minimum absolute atomic E-state index is 0.125. The van der Waals surface area contributed by atoms with Crippen molar-refractivity contribution in [2.45, 2.75) is 26.7 Å². The van der Waals surface area contributed by atoms with E-state index in [4.69, 9.17) is 5.11 Å². The van der Waals surface area contributed by atoms with Gasteiger partial charge in [-0.2, -0.15) is 0 Å². The van der Waals surface area contributed by atoms with Gasteiger partial charge in [-0.3, -0.25) is 4.79 Å². The zero-order valence-electron chi connectivity index (χ0n) is 10.4. The summed E-state index contributed by atoms with van der Waals surface area (Å²) in [6.45, 7) is 4.08. The lowest BCUT2D eigenvalue weighted by atomic mass is 10.1. The minimum Gasteiger partial charge on any atom is -0.478 e. The van der Waals surface area contributed by atoms with E-state index in [1.165, 1.54) is 0 Å². The molecule has 1 amide bonds. The van der Waals surface area contributed by atoms with Crippen molar-refractivity contribution in [2.75, 3.05) is 5.32 Å². The molecule has 2 N–H and O–H groups in total. The van der Waals surface area contributed by atoms with Crippen molar-refractivity contribution in [1.29, 1.82) is 0 Å². The summed E-state index contributed by atoms with van der Waals surface area (Å²) in [5.41, 5.74) is 0.483. The van der Waals surface area contributed by atoms with E-state index in [1.807, 2.05) is 36.4 Å². The number of hydrogen-bond donors (Lipinski definition) is 2. The molecule has 0 bridgehead atoms. The van der Waals surface area contributed by atoms with E-state index in [0.29, 0.717) is 18.0 Å². The van der Waals surface area contributed by atoms with Gasteiger partial charge in [0, 0.05) is 9.99 Å². The van der Waals surface area contributed by atoms with Crippen molar-refractivity contribution in [1.82, 2.24) is 0 Å². The average molecular weight is 361 g/mol. The molecule has 5 heteroatoms. The molecule has 0 fully saturated rings. The second-order valence-corrected chi connectivity index (χ2v) is 5.72. The molecular weight excluding hydrogens is 345 g/mol. The van der Waals surface area contributed by atoms with E-state index in [2.05, 4.69) is 5.32 Å². The predicted octanol–water partition coefficient (Wildman–Crippen LogP) is 3.36. The van der Waals surface area contributed by atoms with Gasteiger partial charge < -0.3 is 10.4 Å². The highest BCUT2D eigenvalue weighted by Crippen LogP contribution is 2.19. The van der Waals surface area contributed by atoms with Crippen LogP contribution in [0, 0.1) is 9.49 Å². The van der Waals surface area contributed by atoms with Gasteiger partial charge in [0.2, 0.25) is 5.91 Å². The number of rotatable bonds is 5. The van der Waals surface area contributed by atoms with E-state index in [1.54, 1.807) is 18.2 Å². The summed E-state index contributed by atoms with van der Waals surface area (Å²) >= 11 is 2.04. The minimum atomic E-state index is -1.03. The fourth-order valence-corrected chi connectivity index (χ4v) is 1.93. The SMILES string of the molecule is CC(C)CCC(=O)Nc1ccc(I)cc1C(=O)O. The van der Waals surface area contributed by atoms with Crippen LogP contribution in [0.1, 0.15) is 37.0 Å². The number of hydrogen-bond acceptors (Lipinski definition) is 2. The molecule has 0 unspecified atom stereocenters. The smallest absolute Gasteiger partial charge is 0.337 e. The lowest BCUT2D eigenvalue weighted by Crippen LogP contribution is -2.15. The van der Waals surface area contributed by atoms with Gasteiger partial charge in [-0.25, -0.2) is 4.79 Å². The van der Waals surface area contributed by atoms with Crippen LogP contribution in [0.25, 0.3) is 0 Å². The summed E-state index contributed by atoms with van der Waals surface area (Å²) in [5.74, 6) is -0.730. The predicted molar refractivity (Wildman–Crippen MR) is 78.8 cm³/mol. The number of anilines is 1. The second kappa shape index (κ2) is 6.72. The van der Waals surface area contributed by atoms with Crippen molar-refractivity contribution < 1.29 is 14.7 Å². The number of amides is 1. The van der Waals surface area contributed by atoms with Gasteiger partial charge in [-0.15, -0.1) is 0 Å². The third-order valence-corrected chi connectivity index (χ3v) is 3.11. The Labute approximate surface area is 120 Å². The first-order valence-electron chi connectivity index (χ1n) is 5.73. The lowest BCUT2D eigenvalue weighted by molar-refractivity contribution is -0.116. The van der Waals surface area contributed by atoms with Crippen LogP contribution in [0.15, 0.2) is 18.2 Å². The van der Waals surface area contributed by atoms with E-state index in [-0.39, 0.29) is 11.5 Å². The number of aromatic carboxylic acids is 1. The first-order valence-corrected chi connectivity index (χ1v) is 6.80. The maximum Gasteiger partial charge on any atom is 0.337 e. The standard InChI is InChI=1S/C13H16INO3/c1-8(2)3-6-12(16)15-11-5-4-9(14)7-10(11)13(17)18/h4-5,7-8H,3,6H2,1-2H3,(H,15,16)(H,17,18). The summed E-state index contributed by atoms with van der Waals surface area (Å²) < 4.78 is 0.824. The molecule has 0 aliphatic heterocycles. The van der Waals surface area contributed by atoms with E-state index in [0.717, 1.165) is 9.99 Å². The van der Waals surface area contributed by atoms with Gasteiger partial charge in [0.05, 0.1) is 11.3 Å². The first kappa shape index (κ1) is 14.9. The molecule has 0 atom stereocenters. The maximum absolute atomic E-state index is 11.7. The zero-order chi connectivity index (χ0) is 13.7. The number of benzene rings is 1. The molecule has 18 heavy (non-hydrogen) atoms. The molecule has 0 heterocycles. The van der Waals surface area contributed by atoms with Crippen LogP contribution in [0.2, 0.25) is 0 Å². The highest BCUT2D eigenvalue weighted by atomic mass is 127. The normalized spacial score (nSPS) is 10.4. The van der Waals surface area contributed by atoms with E-state index >= 15 is 0 Å². The fourth-order valence-electron chi connectivity index (χ4n) is 1.43. The van der Waals surface area contributed by atoms with Gasteiger partial charge >= 0.3 is 5.97 Å². The van der Waals surface area contributed by atoms with Crippen molar-refractivity contribution in [3.63, 3.8) is 0 Å². The van der Waals surface area contributed by atoms with Crippen LogP contribution >= 0.6 is 22.6 Å². The second-order valence-electron chi connectivity index (χ2n) is 4.48. The number of nitrogens with one attached hydrogen (secondary N) is 1. The monoisotopic (exact) mass is 361 g/mol. The van der Waals surface area contributed by atoms with Crippen LogP contribution in [0.5, 0.6) is 0 Å². The van der Waals surface area contributed by atoms with E-state index in [9.17, 15) is 9.59 Å². The Morgan fingerprint density at radius 2 is 2.06 bits per heavy atom. The first-order chi connectivity index (χ1) is 8.40. The Bertz CT molecular complexity index is 458. The largest absolute Gasteiger partial charge is 0.478 e.